The van der Waals surface area contributed by atoms with E-state index in [1.807, 2.05) is 36.4 Å². The zero-order valence-electron chi connectivity index (χ0n) is 19.6. The largest absolute Gasteiger partial charge is 0.454 e. The van der Waals surface area contributed by atoms with Crippen molar-refractivity contribution in [2.45, 2.75) is 50.2 Å². The van der Waals surface area contributed by atoms with Gasteiger partial charge in [0.1, 0.15) is 0 Å². The summed E-state index contributed by atoms with van der Waals surface area (Å²) in [5, 5.41) is 15.1. The Hall–Kier alpha value is -2.57. The molecule has 0 radical (unpaired) electrons. The van der Waals surface area contributed by atoms with Crippen molar-refractivity contribution in [3.05, 3.63) is 59.7 Å². The van der Waals surface area contributed by atoms with E-state index in [4.69, 9.17) is 9.47 Å². The number of hydrogen-bond donors (Lipinski definition) is 2. The van der Waals surface area contributed by atoms with Crippen molar-refractivity contribution in [2.24, 2.45) is 17.8 Å². The van der Waals surface area contributed by atoms with Gasteiger partial charge in [0.2, 0.25) is 6.79 Å². The summed E-state index contributed by atoms with van der Waals surface area (Å²) in [6.45, 7) is 3.32. The minimum absolute atomic E-state index is 0.0135. The lowest BCUT2D eigenvalue weighted by atomic mass is 9.73. The summed E-state index contributed by atoms with van der Waals surface area (Å²) in [6.07, 6.45) is 6.15. The highest BCUT2D eigenvalue weighted by molar-refractivity contribution is 5.87. The Morgan fingerprint density at radius 2 is 1.74 bits per heavy atom. The fourth-order valence-electron chi connectivity index (χ4n) is 6.42. The number of amides is 1. The molecule has 3 atom stereocenters. The van der Waals surface area contributed by atoms with Gasteiger partial charge >= 0.3 is 0 Å². The van der Waals surface area contributed by atoms with Crippen LogP contribution in [0.1, 0.15) is 43.2 Å². The SMILES string of the molecule is O=C(NC1C2CN(CCc3ccc4c(c3)OCO4)CC21)C(O)(c1ccccc1)C1CCCCC1. The van der Waals surface area contributed by atoms with Gasteiger partial charge in [-0.05, 0) is 54.4 Å². The minimum atomic E-state index is -1.43. The predicted molar refractivity (Wildman–Crippen MR) is 129 cm³/mol. The maximum atomic E-state index is 13.5. The number of ether oxygens (including phenoxy) is 2. The van der Waals surface area contributed by atoms with Crippen LogP contribution in [0, 0.1) is 17.8 Å². The standard InChI is InChI=1S/C28H34N2O4/c31-27(28(32,20-7-3-1-4-8-20)21-9-5-2-6-10-21)29-26-22-16-30(17-23(22)26)14-13-19-11-12-24-25(15-19)34-18-33-24/h1,3-4,7-8,11-12,15,21-23,26,32H,2,5-6,9-10,13-14,16-18H2,(H,29,31). The number of nitrogens with zero attached hydrogens (tertiary/aromatic N) is 1. The van der Waals surface area contributed by atoms with E-state index >= 15 is 0 Å². The molecule has 6 heteroatoms. The van der Waals surface area contributed by atoms with Gasteiger partial charge < -0.3 is 24.8 Å². The molecule has 34 heavy (non-hydrogen) atoms. The second kappa shape index (κ2) is 8.90. The molecule has 0 bridgehead atoms. The number of piperidine rings is 1. The molecular weight excluding hydrogens is 428 g/mol. The number of benzene rings is 2. The smallest absolute Gasteiger partial charge is 0.257 e. The van der Waals surface area contributed by atoms with Gasteiger partial charge in [0.05, 0.1) is 0 Å². The van der Waals surface area contributed by atoms with Crippen LogP contribution in [-0.2, 0) is 16.8 Å². The first kappa shape index (κ1) is 21.9. The molecule has 6 rings (SSSR count). The Morgan fingerprint density at radius 3 is 2.50 bits per heavy atom. The molecule has 2 N–H and O–H groups in total. The molecule has 2 heterocycles. The van der Waals surface area contributed by atoms with E-state index in [0.29, 0.717) is 18.6 Å². The molecule has 0 spiro atoms. The summed E-state index contributed by atoms with van der Waals surface area (Å²) in [6, 6.07) is 16.0. The van der Waals surface area contributed by atoms with E-state index < -0.39 is 5.60 Å². The maximum absolute atomic E-state index is 13.5. The number of nitrogens with one attached hydrogen (secondary N) is 1. The van der Waals surface area contributed by atoms with Crippen LogP contribution in [0.15, 0.2) is 48.5 Å². The van der Waals surface area contributed by atoms with Crippen LogP contribution in [0.25, 0.3) is 0 Å². The van der Waals surface area contributed by atoms with Crippen molar-refractivity contribution in [1.82, 2.24) is 10.2 Å². The van der Waals surface area contributed by atoms with E-state index in [9.17, 15) is 9.90 Å². The molecule has 2 aromatic rings. The molecule has 1 amide bonds. The molecular formula is C28H34N2O4. The molecule has 0 aromatic heterocycles. The van der Waals surface area contributed by atoms with Crippen LogP contribution < -0.4 is 14.8 Å². The molecule has 180 valence electrons. The van der Waals surface area contributed by atoms with Crippen LogP contribution in [0.2, 0.25) is 0 Å². The third kappa shape index (κ3) is 3.97. The van der Waals surface area contributed by atoms with Gasteiger partial charge in [-0.2, -0.15) is 0 Å². The highest BCUT2D eigenvalue weighted by Crippen LogP contribution is 2.47. The Bertz CT molecular complexity index is 1030. The highest BCUT2D eigenvalue weighted by Gasteiger charge is 2.58. The zero-order valence-corrected chi connectivity index (χ0v) is 19.6. The quantitative estimate of drug-likeness (QED) is 0.659. The molecule has 2 aromatic carbocycles. The molecule has 1 saturated heterocycles. The number of hydrogen-bond acceptors (Lipinski definition) is 5. The summed E-state index contributed by atoms with van der Waals surface area (Å²) in [5.74, 6) is 2.44. The van der Waals surface area contributed by atoms with Gasteiger partial charge in [0, 0.05) is 31.6 Å². The lowest BCUT2D eigenvalue weighted by molar-refractivity contribution is -0.149. The number of rotatable bonds is 7. The van der Waals surface area contributed by atoms with E-state index in [1.165, 1.54) is 12.0 Å². The highest BCUT2D eigenvalue weighted by atomic mass is 16.7. The normalized spacial score (nSPS) is 27.7. The van der Waals surface area contributed by atoms with Crippen LogP contribution in [-0.4, -0.2) is 48.4 Å². The average Bonchev–Trinajstić information content (AvgIpc) is 3.24. The van der Waals surface area contributed by atoms with Crippen molar-refractivity contribution in [3.63, 3.8) is 0 Å². The van der Waals surface area contributed by atoms with Gasteiger partial charge in [0.25, 0.3) is 5.91 Å². The summed E-state index contributed by atoms with van der Waals surface area (Å²) in [5.41, 5.74) is 0.558. The van der Waals surface area contributed by atoms with Crippen molar-refractivity contribution in [2.75, 3.05) is 26.4 Å². The molecule has 4 aliphatic rings. The molecule has 3 fully saturated rings. The lowest BCUT2D eigenvalue weighted by Crippen LogP contribution is -2.52. The van der Waals surface area contributed by atoms with Gasteiger partial charge in [-0.25, -0.2) is 0 Å². The number of carbonyl (C=O) groups is 1. The van der Waals surface area contributed by atoms with Crippen molar-refractivity contribution in [1.29, 1.82) is 0 Å². The van der Waals surface area contributed by atoms with Crippen LogP contribution in [0.3, 0.4) is 0 Å². The fraction of sp³-hybridized carbons (Fsp3) is 0.536. The predicted octanol–water partition coefficient (Wildman–Crippen LogP) is 3.47. The first-order valence-corrected chi connectivity index (χ1v) is 12.8. The van der Waals surface area contributed by atoms with Crippen molar-refractivity contribution < 1.29 is 19.4 Å². The third-order valence-electron chi connectivity index (χ3n) is 8.48. The maximum Gasteiger partial charge on any atom is 0.257 e. The number of aliphatic hydroxyl groups is 1. The van der Waals surface area contributed by atoms with Crippen LogP contribution >= 0.6 is 0 Å². The Morgan fingerprint density at radius 1 is 1.00 bits per heavy atom. The Kier molecular flexibility index (Phi) is 5.74. The molecule has 2 aliphatic heterocycles. The van der Waals surface area contributed by atoms with E-state index in [1.54, 1.807) is 0 Å². The first-order valence-electron chi connectivity index (χ1n) is 12.8. The number of likely N-dealkylation sites (tertiary alicyclic amines) is 1. The van der Waals surface area contributed by atoms with Gasteiger partial charge in [-0.15, -0.1) is 0 Å². The summed E-state index contributed by atoms with van der Waals surface area (Å²) in [4.78, 5) is 16.0. The molecule has 2 aliphatic carbocycles. The summed E-state index contributed by atoms with van der Waals surface area (Å²) >= 11 is 0. The summed E-state index contributed by atoms with van der Waals surface area (Å²) in [7, 11) is 0. The number of carbonyl (C=O) groups excluding carboxylic acids is 1. The van der Waals surface area contributed by atoms with Crippen molar-refractivity contribution in [3.8, 4) is 11.5 Å². The molecule has 2 saturated carbocycles. The second-order valence-corrected chi connectivity index (χ2v) is 10.5. The topological polar surface area (TPSA) is 71.0 Å². The van der Waals surface area contributed by atoms with E-state index in [2.05, 4.69) is 22.3 Å². The van der Waals surface area contributed by atoms with E-state index in [0.717, 1.165) is 68.8 Å². The lowest BCUT2D eigenvalue weighted by Gasteiger charge is -2.38. The second-order valence-electron chi connectivity index (χ2n) is 10.5. The third-order valence-corrected chi connectivity index (χ3v) is 8.48. The van der Waals surface area contributed by atoms with Crippen LogP contribution in [0.5, 0.6) is 11.5 Å². The summed E-state index contributed by atoms with van der Waals surface area (Å²) < 4.78 is 10.9. The monoisotopic (exact) mass is 462 g/mol. The zero-order chi connectivity index (χ0) is 23.1. The fourth-order valence-corrected chi connectivity index (χ4v) is 6.42. The van der Waals surface area contributed by atoms with E-state index in [-0.39, 0.29) is 17.9 Å². The molecule has 6 nitrogen and oxygen atoms in total. The molecule has 3 unspecified atom stereocenters. The van der Waals surface area contributed by atoms with Crippen LogP contribution in [0.4, 0.5) is 0 Å². The average molecular weight is 463 g/mol. The minimum Gasteiger partial charge on any atom is -0.454 e. The van der Waals surface area contributed by atoms with Gasteiger partial charge in [-0.3, -0.25) is 4.79 Å². The first-order chi connectivity index (χ1) is 16.6. The van der Waals surface area contributed by atoms with Gasteiger partial charge in [0.15, 0.2) is 17.1 Å². The van der Waals surface area contributed by atoms with Gasteiger partial charge in [-0.1, -0.05) is 55.7 Å². The Balaban J connectivity index is 1.05. The Labute approximate surface area is 201 Å². The number of fused-ring (bicyclic) bond motifs is 2. The van der Waals surface area contributed by atoms with Crippen molar-refractivity contribution >= 4 is 5.91 Å².